The van der Waals surface area contributed by atoms with Gasteiger partial charge in [0.2, 0.25) is 5.91 Å². The molecule has 0 radical (unpaired) electrons. The summed E-state index contributed by atoms with van der Waals surface area (Å²) in [6, 6.07) is 2.71. The van der Waals surface area contributed by atoms with Crippen LogP contribution >= 0.6 is 11.6 Å². The maximum Gasteiger partial charge on any atom is 0.416 e. The lowest BCUT2D eigenvalue weighted by Gasteiger charge is -2.11. The van der Waals surface area contributed by atoms with Crippen LogP contribution in [0.2, 0.25) is 5.02 Å². The minimum Gasteiger partial charge on any atom is -0.448 e. The standard InChI is InChI=1S/C13H10ClF3N2O2/c1-7-11(21-6-18-7)5-12(20)19-10-4-8(13(15,16)17)2-3-9(10)14/h2-4,6H,5H2,1H3,(H,19,20). The SMILES string of the molecule is Cc1ncoc1CC(=O)Nc1cc(C(F)(F)F)ccc1Cl. The third-order valence-electron chi connectivity index (χ3n) is 2.73. The molecule has 0 unspecified atom stereocenters. The molecule has 112 valence electrons. The first-order valence-corrected chi connectivity index (χ1v) is 6.20. The van der Waals surface area contributed by atoms with Gasteiger partial charge >= 0.3 is 6.18 Å². The van der Waals surface area contributed by atoms with Gasteiger partial charge in [-0.3, -0.25) is 4.79 Å². The molecule has 2 rings (SSSR count). The van der Waals surface area contributed by atoms with Gasteiger partial charge in [-0.1, -0.05) is 11.6 Å². The zero-order valence-corrected chi connectivity index (χ0v) is 11.5. The normalized spacial score (nSPS) is 11.5. The van der Waals surface area contributed by atoms with Crippen LogP contribution < -0.4 is 5.32 Å². The molecular weight excluding hydrogens is 309 g/mol. The van der Waals surface area contributed by atoms with Crippen molar-refractivity contribution in [2.45, 2.75) is 19.5 Å². The van der Waals surface area contributed by atoms with Gasteiger partial charge in [0.25, 0.3) is 0 Å². The highest BCUT2D eigenvalue weighted by atomic mass is 35.5. The lowest BCUT2D eigenvalue weighted by Crippen LogP contribution is -2.16. The van der Waals surface area contributed by atoms with Gasteiger partial charge in [-0.05, 0) is 25.1 Å². The predicted octanol–water partition coefficient (Wildman–Crippen LogP) is 3.84. The fraction of sp³-hybridized carbons (Fsp3) is 0.231. The fourth-order valence-electron chi connectivity index (χ4n) is 1.63. The number of hydrogen-bond acceptors (Lipinski definition) is 3. The molecule has 0 aliphatic rings. The highest BCUT2D eigenvalue weighted by Crippen LogP contribution is 2.33. The monoisotopic (exact) mass is 318 g/mol. The Morgan fingerprint density at radius 1 is 1.43 bits per heavy atom. The summed E-state index contributed by atoms with van der Waals surface area (Å²) in [6.45, 7) is 1.66. The second-order valence-corrected chi connectivity index (χ2v) is 4.69. The predicted molar refractivity (Wildman–Crippen MR) is 70.0 cm³/mol. The smallest absolute Gasteiger partial charge is 0.416 e. The van der Waals surface area contributed by atoms with Gasteiger partial charge in [0.15, 0.2) is 6.39 Å². The Morgan fingerprint density at radius 3 is 2.71 bits per heavy atom. The third kappa shape index (κ3) is 3.75. The molecule has 0 spiro atoms. The highest BCUT2D eigenvalue weighted by Gasteiger charge is 2.31. The van der Waals surface area contributed by atoms with E-state index < -0.39 is 17.6 Å². The van der Waals surface area contributed by atoms with E-state index in [9.17, 15) is 18.0 Å². The van der Waals surface area contributed by atoms with E-state index in [0.717, 1.165) is 18.2 Å². The number of carbonyl (C=O) groups is 1. The van der Waals surface area contributed by atoms with E-state index in [2.05, 4.69) is 10.3 Å². The molecule has 1 heterocycles. The van der Waals surface area contributed by atoms with Gasteiger partial charge in [-0.2, -0.15) is 13.2 Å². The molecule has 1 aromatic carbocycles. The number of amides is 1. The number of anilines is 1. The molecule has 0 bridgehead atoms. The van der Waals surface area contributed by atoms with Gasteiger partial charge in [0.1, 0.15) is 5.76 Å². The molecule has 1 aromatic heterocycles. The van der Waals surface area contributed by atoms with Crippen molar-refractivity contribution in [3.63, 3.8) is 0 Å². The zero-order chi connectivity index (χ0) is 15.6. The summed E-state index contributed by atoms with van der Waals surface area (Å²) >= 11 is 5.79. The van der Waals surface area contributed by atoms with E-state index in [0.29, 0.717) is 11.5 Å². The molecule has 0 saturated carbocycles. The van der Waals surface area contributed by atoms with Crippen LogP contribution in [0.1, 0.15) is 17.0 Å². The molecule has 0 fully saturated rings. The molecular formula is C13H10ClF3N2O2. The topological polar surface area (TPSA) is 55.1 Å². The molecule has 0 aliphatic heterocycles. The molecule has 4 nitrogen and oxygen atoms in total. The molecule has 21 heavy (non-hydrogen) atoms. The number of oxazole rings is 1. The van der Waals surface area contributed by atoms with Crippen molar-refractivity contribution in [3.8, 4) is 0 Å². The Balaban J connectivity index is 2.15. The van der Waals surface area contributed by atoms with Gasteiger partial charge in [0.05, 0.1) is 28.4 Å². The Labute approximate surface area is 122 Å². The third-order valence-corrected chi connectivity index (χ3v) is 3.06. The van der Waals surface area contributed by atoms with Crippen molar-refractivity contribution in [1.29, 1.82) is 0 Å². The maximum absolute atomic E-state index is 12.6. The van der Waals surface area contributed by atoms with Crippen molar-refractivity contribution in [3.05, 3.63) is 46.6 Å². The average Bonchev–Trinajstić information content (AvgIpc) is 2.76. The number of hydrogen-bond donors (Lipinski definition) is 1. The summed E-state index contributed by atoms with van der Waals surface area (Å²) in [5.74, 6) is -0.202. The number of halogens is 4. The summed E-state index contributed by atoms with van der Waals surface area (Å²) in [6.07, 6.45) is -3.46. The van der Waals surface area contributed by atoms with Crippen LogP contribution in [0.4, 0.5) is 18.9 Å². The van der Waals surface area contributed by atoms with Crippen LogP contribution in [0, 0.1) is 6.92 Å². The quantitative estimate of drug-likeness (QED) is 0.935. The minimum absolute atomic E-state index is 0.0191. The van der Waals surface area contributed by atoms with Crippen LogP contribution in [0.25, 0.3) is 0 Å². The first-order chi connectivity index (χ1) is 9.77. The Kier molecular flexibility index (Phi) is 4.22. The molecule has 0 saturated heterocycles. The van der Waals surface area contributed by atoms with Crippen molar-refractivity contribution < 1.29 is 22.4 Å². The van der Waals surface area contributed by atoms with E-state index in [4.69, 9.17) is 16.0 Å². The molecule has 1 amide bonds. The Morgan fingerprint density at radius 2 is 2.14 bits per heavy atom. The van der Waals surface area contributed by atoms with E-state index in [1.165, 1.54) is 6.39 Å². The number of aromatic nitrogens is 1. The minimum atomic E-state index is -4.51. The van der Waals surface area contributed by atoms with Gasteiger partial charge < -0.3 is 9.73 Å². The van der Waals surface area contributed by atoms with Crippen molar-refractivity contribution >= 4 is 23.2 Å². The molecule has 2 aromatic rings. The van der Waals surface area contributed by atoms with Crippen LogP contribution in [0.5, 0.6) is 0 Å². The van der Waals surface area contributed by atoms with Gasteiger partial charge in [-0.25, -0.2) is 4.98 Å². The van der Waals surface area contributed by atoms with Crippen molar-refractivity contribution in [2.75, 3.05) is 5.32 Å². The largest absolute Gasteiger partial charge is 0.448 e. The second-order valence-electron chi connectivity index (χ2n) is 4.28. The van der Waals surface area contributed by atoms with E-state index in [1.807, 2.05) is 0 Å². The summed E-state index contributed by atoms with van der Waals surface area (Å²) in [4.78, 5) is 15.6. The Bertz CT molecular complexity index is 668. The van der Waals surface area contributed by atoms with Crippen LogP contribution in [0.3, 0.4) is 0 Å². The zero-order valence-electron chi connectivity index (χ0n) is 10.8. The number of nitrogens with one attached hydrogen (secondary N) is 1. The molecule has 8 heteroatoms. The highest BCUT2D eigenvalue weighted by molar-refractivity contribution is 6.33. The summed E-state index contributed by atoms with van der Waals surface area (Å²) in [5.41, 5.74) is -0.452. The van der Waals surface area contributed by atoms with E-state index in [-0.39, 0.29) is 17.1 Å². The maximum atomic E-state index is 12.6. The number of nitrogens with zero attached hydrogens (tertiary/aromatic N) is 1. The second kappa shape index (κ2) is 5.77. The molecule has 1 N–H and O–H groups in total. The summed E-state index contributed by atoms with van der Waals surface area (Å²) in [5, 5.41) is 2.35. The number of alkyl halides is 3. The molecule has 0 atom stereocenters. The first kappa shape index (κ1) is 15.4. The summed E-state index contributed by atoms with van der Waals surface area (Å²) in [7, 11) is 0. The number of carbonyl (C=O) groups excluding carboxylic acids is 1. The van der Waals surface area contributed by atoms with Gasteiger partial charge in [0, 0.05) is 0 Å². The van der Waals surface area contributed by atoms with E-state index in [1.54, 1.807) is 6.92 Å². The average molecular weight is 319 g/mol. The number of aryl methyl sites for hydroxylation is 1. The van der Waals surface area contributed by atoms with E-state index >= 15 is 0 Å². The molecule has 0 aliphatic carbocycles. The Hall–Kier alpha value is -2.02. The van der Waals surface area contributed by atoms with Crippen LogP contribution in [-0.2, 0) is 17.4 Å². The van der Waals surface area contributed by atoms with Gasteiger partial charge in [-0.15, -0.1) is 0 Å². The first-order valence-electron chi connectivity index (χ1n) is 5.83. The fourth-order valence-corrected chi connectivity index (χ4v) is 1.80. The lowest BCUT2D eigenvalue weighted by molar-refractivity contribution is -0.137. The van der Waals surface area contributed by atoms with Crippen molar-refractivity contribution in [2.24, 2.45) is 0 Å². The van der Waals surface area contributed by atoms with Crippen LogP contribution in [0.15, 0.2) is 29.0 Å². The number of benzene rings is 1. The number of rotatable bonds is 3. The van der Waals surface area contributed by atoms with Crippen LogP contribution in [-0.4, -0.2) is 10.9 Å². The van der Waals surface area contributed by atoms with Crippen molar-refractivity contribution in [1.82, 2.24) is 4.98 Å². The summed E-state index contributed by atoms with van der Waals surface area (Å²) < 4.78 is 42.8. The lowest BCUT2D eigenvalue weighted by atomic mass is 10.2.